The molecule has 0 spiro atoms. The fourth-order valence-electron chi connectivity index (χ4n) is 2.71. The minimum Gasteiger partial charge on any atom is -0.487 e. The van der Waals surface area contributed by atoms with Gasteiger partial charge in [0.2, 0.25) is 0 Å². The van der Waals surface area contributed by atoms with E-state index in [4.69, 9.17) is 4.74 Å². The zero-order valence-corrected chi connectivity index (χ0v) is 13.5. The summed E-state index contributed by atoms with van der Waals surface area (Å²) in [7, 11) is 0. The first-order chi connectivity index (χ1) is 11.8. The first-order valence-electron chi connectivity index (χ1n) is 7.53. The van der Waals surface area contributed by atoms with E-state index >= 15 is 0 Å². The molecule has 0 bridgehead atoms. The van der Waals surface area contributed by atoms with Crippen LogP contribution in [0.25, 0.3) is 11.3 Å². The highest BCUT2D eigenvalue weighted by Crippen LogP contribution is 2.37. The Balaban J connectivity index is 1.47. The molecule has 1 atom stereocenters. The van der Waals surface area contributed by atoms with E-state index in [1.165, 1.54) is 11.3 Å². The molecule has 3 aromatic rings. The van der Waals surface area contributed by atoms with Crippen LogP contribution >= 0.6 is 11.3 Å². The Hall–Kier alpha value is -2.80. The van der Waals surface area contributed by atoms with Crippen molar-refractivity contribution in [1.82, 2.24) is 20.3 Å². The highest BCUT2D eigenvalue weighted by Gasteiger charge is 2.26. The van der Waals surface area contributed by atoms with Gasteiger partial charge in [-0.15, -0.1) is 11.3 Å². The lowest BCUT2D eigenvalue weighted by Gasteiger charge is -2.12. The molecule has 1 amide bonds. The van der Waals surface area contributed by atoms with Crippen LogP contribution in [0.4, 0.5) is 0 Å². The zero-order valence-electron chi connectivity index (χ0n) is 12.7. The van der Waals surface area contributed by atoms with E-state index in [2.05, 4.69) is 20.3 Å². The Labute approximate surface area is 142 Å². The fraction of sp³-hybridized carbons (Fsp3) is 0.176. The number of hydrogen-bond acceptors (Lipinski definition) is 6. The van der Waals surface area contributed by atoms with Gasteiger partial charge in [-0.2, -0.15) is 0 Å². The number of hydrogen-bond donors (Lipinski definition) is 1. The summed E-state index contributed by atoms with van der Waals surface area (Å²) in [5, 5.41) is 2.90. The van der Waals surface area contributed by atoms with Crippen LogP contribution in [-0.2, 0) is 6.42 Å². The largest absolute Gasteiger partial charge is 0.487 e. The summed E-state index contributed by atoms with van der Waals surface area (Å²) in [5.74, 6) is 0.709. The molecule has 120 valence electrons. The number of amides is 1. The smallest absolute Gasteiger partial charge is 0.263 e. The fourth-order valence-corrected chi connectivity index (χ4v) is 3.25. The molecule has 1 N–H and O–H groups in total. The standard InChI is InChI=1S/C17H14N4O2S/c22-17(15-9-19-10-24-15)21-7-12-6-11-2-1-3-13(16(11)23-12)14-8-18-4-5-20-14/h1-5,8-10,12H,6-7H2,(H,21,22)/t12-/m0/s1. The molecule has 1 aliphatic heterocycles. The van der Waals surface area contributed by atoms with Gasteiger partial charge in [0.05, 0.1) is 30.1 Å². The second-order valence-electron chi connectivity index (χ2n) is 5.40. The van der Waals surface area contributed by atoms with Gasteiger partial charge in [-0.1, -0.05) is 12.1 Å². The molecule has 1 aromatic carbocycles. The molecule has 0 fully saturated rings. The number of ether oxygens (including phenoxy) is 1. The molecule has 0 aliphatic carbocycles. The Morgan fingerprint density at radius 2 is 2.25 bits per heavy atom. The molecule has 4 rings (SSSR count). The maximum Gasteiger partial charge on any atom is 0.263 e. The minimum atomic E-state index is -0.119. The van der Waals surface area contributed by atoms with Gasteiger partial charge in [0.1, 0.15) is 16.7 Å². The third kappa shape index (κ3) is 2.85. The minimum absolute atomic E-state index is 0.0882. The van der Waals surface area contributed by atoms with Gasteiger partial charge in [-0.25, -0.2) is 0 Å². The molecule has 0 saturated carbocycles. The van der Waals surface area contributed by atoms with Gasteiger partial charge in [0, 0.05) is 24.4 Å². The lowest BCUT2D eigenvalue weighted by atomic mass is 10.0. The molecule has 0 radical (unpaired) electrons. The van der Waals surface area contributed by atoms with Crippen molar-refractivity contribution in [3.8, 4) is 17.0 Å². The van der Waals surface area contributed by atoms with E-state index in [1.807, 2.05) is 18.2 Å². The number of thiazole rings is 1. The Morgan fingerprint density at radius 3 is 3.04 bits per heavy atom. The highest BCUT2D eigenvalue weighted by molar-refractivity contribution is 7.11. The van der Waals surface area contributed by atoms with E-state index in [9.17, 15) is 4.79 Å². The predicted molar refractivity (Wildman–Crippen MR) is 90.0 cm³/mol. The average Bonchev–Trinajstić information content (AvgIpc) is 3.29. The average molecular weight is 338 g/mol. The molecular weight excluding hydrogens is 324 g/mol. The highest BCUT2D eigenvalue weighted by atomic mass is 32.1. The van der Waals surface area contributed by atoms with Crippen LogP contribution < -0.4 is 10.1 Å². The van der Waals surface area contributed by atoms with Crippen LogP contribution in [0.3, 0.4) is 0 Å². The van der Waals surface area contributed by atoms with E-state index in [1.54, 1.807) is 30.3 Å². The summed E-state index contributed by atoms with van der Waals surface area (Å²) >= 11 is 1.32. The molecule has 6 nitrogen and oxygen atoms in total. The quantitative estimate of drug-likeness (QED) is 0.790. The van der Waals surface area contributed by atoms with Crippen LogP contribution in [0, 0.1) is 0 Å². The zero-order chi connectivity index (χ0) is 16.4. The second kappa shape index (κ2) is 6.37. The van der Waals surface area contributed by atoms with Gasteiger partial charge < -0.3 is 10.1 Å². The van der Waals surface area contributed by atoms with E-state index in [-0.39, 0.29) is 12.0 Å². The van der Waals surface area contributed by atoms with Crippen LogP contribution in [0.5, 0.6) is 5.75 Å². The van der Waals surface area contributed by atoms with Gasteiger partial charge in [0.15, 0.2) is 0 Å². The number of carbonyl (C=O) groups is 1. The van der Waals surface area contributed by atoms with E-state index in [0.29, 0.717) is 11.4 Å². The maximum absolute atomic E-state index is 12.0. The van der Waals surface area contributed by atoms with Crippen LogP contribution in [0.1, 0.15) is 15.2 Å². The molecule has 0 saturated heterocycles. The number of nitrogens with zero attached hydrogens (tertiary/aromatic N) is 3. The van der Waals surface area contributed by atoms with Crippen molar-refractivity contribution in [3.05, 3.63) is 58.9 Å². The van der Waals surface area contributed by atoms with E-state index in [0.717, 1.165) is 29.0 Å². The van der Waals surface area contributed by atoms with Crippen LogP contribution in [0.2, 0.25) is 0 Å². The normalized spacial score (nSPS) is 15.6. The number of aromatic nitrogens is 3. The lowest BCUT2D eigenvalue weighted by Crippen LogP contribution is -2.34. The third-order valence-electron chi connectivity index (χ3n) is 3.81. The van der Waals surface area contributed by atoms with Crippen LogP contribution in [-0.4, -0.2) is 33.5 Å². The molecule has 2 aromatic heterocycles. The first-order valence-corrected chi connectivity index (χ1v) is 8.41. The maximum atomic E-state index is 12.0. The van der Waals surface area contributed by atoms with Crippen molar-refractivity contribution in [3.63, 3.8) is 0 Å². The summed E-state index contributed by atoms with van der Waals surface area (Å²) in [6, 6.07) is 6.01. The van der Waals surface area contributed by atoms with Crippen molar-refractivity contribution in [2.75, 3.05) is 6.54 Å². The molecular formula is C17H14N4O2S. The lowest BCUT2D eigenvalue weighted by molar-refractivity contribution is 0.0937. The number of rotatable bonds is 4. The number of fused-ring (bicyclic) bond motifs is 1. The predicted octanol–water partition coefficient (Wildman–Crippen LogP) is 2.33. The summed E-state index contributed by atoms with van der Waals surface area (Å²) in [6.07, 6.45) is 7.26. The Morgan fingerprint density at radius 1 is 1.29 bits per heavy atom. The molecule has 0 unspecified atom stereocenters. The molecule has 24 heavy (non-hydrogen) atoms. The number of nitrogens with one attached hydrogen (secondary N) is 1. The van der Waals surface area contributed by atoms with E-state index < -0.39 is 0 Å². The SMILES string of the molecule is O=C(NC[C@@H]1Cc2cccc(-c3cnccn3)c2O1)c1cncs1. The van der Waals surface area contributed by atoms with Crippen molar-refractivity contribution in [2.45, 2.75) is 12.5 Å². The number of benzene rings is 1. The summed E-state index contributed by atoms with van der Waals surface area (Å²) in [5.41, 5.74) is 4.47. The summed E-state index contributed by atoms with van der Waals surface area (Å²) < 4.78 is 6.07. The van der Waals surface area contributed by atoms with Crippen molar-refractivity contribution >= 4 is 17.2 Å². The van der Waals surface area contributed by atoms with Crippen LogP contribution in [0.15, 0.2) is 48.5 Å². The molecule has 1 aliphatic rings. The molecule has 3 heterocycles. The second-order valence-corrected chi connectivity index (χ2v) is 6.29. The van der Waals surface area contributed by atoms with Gasteiger partial charge in [0.25, 0.3) is 5.91 Å². The number of carbonyl (C=O) groups excluding carboxylic acids is 1. The molecule has 7 heteroatoms. The van der Waals surface area contributed by atoms with Crippen molar-refractivity contribution in [1.29, 1.82) is 0 Å². The first kappa shape index (κ1) is 14.8. The summed E-state index contributed by atoms with van der Waals surface area (Å²) in [4.78, 5) is 25.0. The van der Waals surface area contributed by atoms with Gasteiger partial charge >= 0.3 is 0 Å². The van der Waals surface area contributed by atoms with Crippen molar-refractivity contribution < 1.29 is 9.53 Å². The number of para-hydroxylation sites is 1. The Kier molecular flexibility index (Phi) is 3.92. The Bertz CT molecular complexity index is 852. The summed E-state index contributed by atoms with van der Waals surface area (Å²) in [6.45, 7) is 0.450. The van der Waals surface area contributed by atoms with Crippen molar-refractivity contribution in [2.24, 2.45) is 0 Å². The van der Waals surface area contributed by atoms with Gasteiger partial charge in [-0.05, 0) is 11.6 Å². The monoisotopic (exact) mass is 338 g/mol. The third-order valence-corrected chi connectivity index (χ3v) is 4.59. The topological polar surface area (TPSA) is 77.0 Å². The van der Waals surface area contributed by atoms with Gasteiger partial charge in [-0.3, -0.25) is 19.7 Å².